The van der Waals surface area contributed by atoms with Crippen LogP contribution >= 0.6 is 0 Å². The number of hydrogen-bond acceptors (Lipinski definition) is 5. The predicted molar refractivity (Wildman–Crippen MR) is 97.1 cm³/mol. The molecular formula is C18H17N3O3S. The van der Waals surface area contributed by atoms with Crippen molar-refractivity contribution in [3.63, 3.8) is 0 Å². The molecule has 0 radical (unpaired) electrons. The number of hydrogen-bond donors (Lipinski definition) is 1. The minimum atomic E-state index is -3.38. The number of anilines is 1. The van der Waals surface area contributed by atoms with E-state index in [2.05, 4.69) is 14.7 Å². The van der Waals surface area contributed by atoms with Crippen LogP contribution < -0.4 is 9.46 Å². The van der Waals surface area contributed by atoms with Crippen molar-refractivity contribution in [1.82, 2.24) is 9.97 Å². The summed E-state index contributed by atoms with van der Waals surface area (Å²) in [4.78, 5) is 8.91. The maximum atomic E-state index is 12.1. The number of aromatic nitrogens is 2. The van der Waals surface area contributed by atoms with Crippen LogP contribution in [0.15, 0.2) is 48.7 Å². The Morgan fingerprint density at radius 3 is 2.52 bits per heavy atom. The number of ether oxygens (including phenoxy) is 1. The molecule has 6 nitrogen and oxygen atoms in total. The second kappa shape index (κ2) is 6.00. The molecule has 1 aliphatic rings. The number of nitrogens with zero attached hydrogens (tertiary/aromatic N) is 2. The normalized spacial score (nSPS) is 14.4. The summed E-state index contributed by atoms with van der Waals surface area (Å²) < 4.78 is 32.2. The molecule has 0 spiro atoms. The second-order valence-electron chi connectivity index (χ2n) is 5.98. The molecule has 128 valence electrons. The number of sulfonamides is 1. The molecule has 0 saturated heterocycles. The fourth-order valence-corrected chi connectivity index (χ4v) is 4.06. The van der Waals surface area contributed by atoms with E-state index in [1.165, 1.54) is 6.20 Å². The first-order chi connectivity index (χ1) is 12.1. The number of fused-ring (bicyclic) bond motifs is 1. The zero-order valence-corrected chi connectivity index (χ0v) is 14.5. The summed E-state index contributed by atoms with van der Waals surface area (Å²) >= 11 is 0. The molecule has 4 rings (SSSR count). The first-order valence-electron chi connectivity index (χ1n) is 7.99. The zero-order valence-electron chi connectivity index (χ0n) is 13.6. The van der Waals surface area contributed by atoms with Crippen LogP contribution in [-0.4, -0.2) is 30.7 Å². The van der Waals surface area contributed by atoms with Gasteiger partial charge in [0.2, 0.25) is 10.0 Å². The zero-order chi connectivity index (χ0) is 17.4. The van der Waals surface area contributed by atoms with Gasteiger partial charge >= 0.3 is 0 Å². The third-order valence-corrected chi connectivity index (χ3v) is 6.02. The summed E-state index contributed by atoms with van der Waals surface area (Å²) in [5.41, 5.74) is 3.12. The Morgan fingerprint density at radius 1 is 1.08 bits per heavy atom. The number of benzene rings is 2. The van der Waals surface area contributed by atoms with Crippen LogP contribution in [0.2, 0.25) is 0 Å². The number of methoxy groups -OCH3 is 1. The largest absolute Gasteiger partial charge is 0.494 e. The van der Waals surface area contributed by atoms with Crippen molar-refractivity contribution in [3.05, 3.63) is 48.7 Å². The van der Waals surface area contributed by atoms with E-state index in [0.717, 1.165) is 11.1 Å². The number of nitrogens with one attached hydrogen (secondary N) is 1. The van der Waals surface area contributed by atoms with Crippen LogP contribution in [0.3, 0.4) is 0 Å². The highest BCUT2D eigenvalue weighted by molar-refractivity contribution is 7.93. The van der Waals surface area contributed by atoms with Crippen LogP contribution in [0.1, 0.15) is 12.8 Å². The van der Waals surface area contributed by atoms with Crippen LogP contribution in [0.25, 0.3) is 22.2 Å². The molecule has 1 heterocycles. The topological polar surface area (TPSA) is 81.2 Å². The highest BCUT2D eigenvalue weighted by atomic mass is 32.2. The Labute approximate surface area is 145 Å². The van der Waals surface area contributed by atoms with E-state index in [1.807, 2.05) is 42.5 Å². The number of rotatable bonds is 5. The predicted octanol–water partition coefficient (Wildman–Crippen LogP) is 3.21. The molecule has 2 aromatic carbocycles. The van der Waals surface area contributed by atoms with Gasteiger partial charge in [-0.05, 0) is 30.5 Å². The van der Waals surface area contributed by atoms with Gasteiger partial charge in [0.1, 0.15) is 16.8 Å². The summed E-state index contributed by atoms with van der Waals surface area (Å²) in [6.45, 7) is 0. The van der Waals surface area contributed by atoms with Gasteiger partial charge < -0.3 is 4.74 Å². The quantitative estimate of drug-likeness (QED) is 0.760. The molecule has 1 aliphatic carbocycles. The molecule has 0 atom stereocenters. The molecular weight excluding hydrogens is 338 g/mol. The lowest BCUT2D eigenvalue weighted by Gasteiger charge is -2.11. The smallest absolute Gasteiger partial charge is 0.236 e. The lowest BCUT2D eigenvalue weighted by molar-refractivity contribution is 0.419. The van der Waals surface area contributed by atoms with Crippen molar-refractivity contribution in [2.45, 2.75) is 18.1 Å². The van der Waals surface area contributed by atoms with E-state index in [0.29, 0.717) is 29.6 Å². The molecule has 0 amide bonds. The van der Waals surface area contributed by atoms with Crippen molar-refractivity contribution in [2.75, 3.05) is 11.8 Å². The van der Waals surface area contributed by atoms with Gasteiger partial charge in [-0.2, -0.15) is 0 Å². The van der Waals surface area contributed by atoms with E-state index < -0.39 is 10.0 Å². The molecule has 3 aromatic rings. The summed E-state index contributed by atoms with van der Waals surface area (Å²) in [5, 5.41) is -0.317. The molecule has 1 aromatic heterocycles. The van der Waals surface area contributed by atoms with Crippen LogP contribution in [-0.2, 0) is 10.0 Å². The van der Waals surface area contributed by atoms with Crippen molar-refractivity contribution in [1.29, 1.82) is 0 Å². The van der Waals surface area contributed by atoms with Crippen molar-refractivity contribution in [3.8, 4) is 16.9 Å². The summed E-state index contributed by atoms with van der Waals surface area (Å²) in [6, 6.07) is 13.6. The highest BCUT2D eigenvalue weighted by Crippen LogP contribution is 2.34. The monoisotopic (exact) mass is 355 g/mol. The molecule has 1 saturated carbocycles. The van der Waals surface area contributed by atoms with Gasteiger partial charge in [0.05, 0.1) is 18.6 Å². The van der Waals surface area contributed by atoms with Crippen LogP contribution in [0.5, 0.6) is 5.75 Å². The van der Waals surface area contributed by atoms with E-state index in [9.17, 15) is 8.42 Å². The fourth-order valence-electron chi connectivity index (χ4n) is 2.75. The van der Waals surface area contributed by atoms with Gasteiger partial charge in [-0.1, -0.05) is 30.3 Å². The molecule has 0 bridgehead atoms. The third kappa shape index (κ3) is 3.02. The van der Waals surface area contributed by atoms with E-state index in [-0.39, 0.29) is 11.1 Å². The Balaban J connectivity index is 1.83. The molecule has 1 fully saturated rings. The van der Waals surface area contributed by atoms with Gasteiger partial charge in [-0.15, -0.1) is 0 Å². The van der Waals surface area contributed by atoms with E-state index in [1.54, 1.807) is 7.11 Å². The van der Waals surface area contributed by atoms with Crippen molar-refractivity contribution in [2.24, 2.45) is 0 Å². The van der Waals surface area contributed by atoms with E-state index in [4.69, 9.17) is 4.74 Å². The fraction of sp³-hybridized carbons (Fsp3) is 0.222. The highest BCUT2D eigenvalue weighted by Gasteiger charge is 2.36. The Morgan fingerprint density at radius 2 is 1.84 bits per heavy atom. The van der Waals surface area contributed by atoms with Crippen LogP contribution in [0.4, 0.5) is 5.82 Å². The van der Waals surface area contributed by atoms with Gasteiger partial charge in [0, 0.05) is 5.56 Å². The lowest BCUT2D eigenvalue weighted by atomic mass is 10.0. The van der Waals surface area contributed by atoms with Gasteiger partial charge in [-0.25, -0.2) is 18.4 Å². The van der Waals surface area contributed by atoms with Crippen molar-refractivity contribution < 1.29 is 13.2 Å². The van der Waals surface area contributed by atoms with Gasteiger partial charge in [0.15, 0.2) is 5.82 Å². The first kappa shape index (κ1) is 15.8. The average molecular weight is 355 g/mol. The SMILES string of the molecule is COc1ccc(-c2ccccc2)c2ncc(NS(=O)(=O)C3CC3)nc12. The standard InChI is InChI=1S/C18H17N3O3S/c1-24-15-10-9-14(12-5-3-2-4-6-12)17-18(15)20-16(11-19-17)21-25(22,23)13-7-8-13/h2-6,9-11,13H,7-8H2,1H3,(H,20,21). The molecule has 7 heteroatoms. The molecule has 1 N–H and O–H groups in total. The minimum Gasteiger partial charge on any atom is -0.494 e. The molecule has 0 unspecified atom stereocenters. The van der Waals surface area contributed by atoms with Gasteiger partial charge in [-0.3, -0.25) is 4.72 Å². The molecule has 25 heavy (non-hydrogen) atoms. The third-order valence-electron chi connectivity index (χ3n) is 4.18. The maximum absolute atomic E-state index is 12.1. The molecule has 0 aliphatic heterocycles. The lowest BCUT2D eigenvalue weighted by Crippen LogP contribution is -2.18. The average Bonchev–Trinajstić information content (AvgIpc) is 3.47. The second-order valence-corrected chi connectivity index (χ2v) is 7.94. The maximum Gasteiger partial charge on any atom is 0.236 e. The Kier molecular flexibility index (Phi) is 3.80. The summed E-state index contributed by atoms with van der Waals surface area (Å²) in [6.07, 6.45) is 2.84. The van der Waals surface area contributed by atoms with Crippen molar-refractivity contribution >= 4 is 26.9 Å². The Bertz CT molecular complexity index is 1030. The first-order valence-corrected chi connectivity index (χ1v) is 9.54. The van der Waals surface area contributed by atoms with E-state index >= 15 is 0 Å². The minimum absolute atomic E-state index is 0.211. The Hall–Kier alpha value is -2.67. The van der Waals surface area contributed by atoms with Crippen LogP contribution in [0, 0.1) is 0 Å². The summed E-state index contributed by atoms with van der Waals surface area (Å²) in [7, 11) is -1.83. The van der Waals surface area contributed by atoms with Gasteiger partial charge in [0.25, 0.3) is 0 Å². The summed E-state index contributed by atoms with van der Waals surface area (Å²) in [5.74, 6) is 0.762.